The summed E-state index contributed by atoms with van der Waals surface area (Å²) in [7, 11) is 2.99. The maximum absolute atomic E-state index is 12.1. The van der Waals surface area contributed by atoms with Crippen molar-refractivity contribution in [3.63, 3.8) is 0 Å². The first-order valence-corrected chi connectivity index (χ1v) is 7.74. The number of anilines is 1. The Kier molecular flexibility index (Phi) is 5.68. The normalized spacial score (nSPS) is 13.0. The van der Waals surface area contributed by atoms with Gasteiger partial charge in [0.25, 0.3) is 0 Å². The molecule has 0 heterocycles. The van der Waals surface area contributed by atoms with E-state index < -0.39 is 5.92 Å². The number of nitrogens with one attached hydrogen (secondary N) is 1. The van der Waals surface area contributed by atoms with Gasteiger partial charge < -0.3 is 19.9 Å². The van der Waals surface area contributed by atoms with Gasteiger partial charge in [0.2, 0.25) is 0 Å². The van der Waals surface area contributed by atoms with Crippen LogP contribution in [0, 0.1) is 12.8 Å². The van der Waals surface area contributed by atoms with E-state index in [-0.39, 0.29) is 17.8 Å². The van der Waals surface area contributed by atoms with E-state index >= 15 is 0 Å². The molecule has 2 rings (SSSR count). The number of carbonyl (C=O) groups is 1. The van der Waals surface area contributed by atoms with Crippen molar-refractivity contribution in [2.75, 3.05) is 19.5 Å². The lowest BCUT2D eigenvalue weighted by atomic mass is 9.91. The van der Waals surface area contributed by atoms with E-state index in [2.05, 4.69) is 5.32 Å². The van der Waals surface area contributed by atoms with Crippen LogP contribution in [0.5, 0.6) is 11.5 Å². The molecular weight excluding hydrogens is 306 g/mol. The van der Waals surface area contributed by atoms with Crippen LogP contribution in [0.1, 0.15) is 24.1 Å². The first kappa shape index (κ1) is 17.7. The number of aromatic hydroxyl groups is 1. The number of methoxy groups -OCH3 is 2. The molecule has 0 saturated carbocycles. The molecule has 0 aliphatic heterocycles. The highest BCUT2D eigenvalue weighted by molar-refractivity contribution is 5.74. The predicted molar refractivity (Wildman–Crippen MR) is 93.4 cm³/mol. The Bertz CT molecular complexity index is 714. The van der Waals surface area contributed by atoms with Crippen molar-refractivity contribution in [1.29, 1.82) is 0 Å². The predicted octanol–water partition coefficient (Wildman–Crippen LogP) is 3.67. The van der Waals surface area contributed by atoms with Crippen LogP contribution >= 0.6 is 0 Å². The van der Waals surface area contributed by atoms with E-state index in [0.717, 1.165) is 16.9 Å². The smallest absolute Gasteiger partial charge is 0.310 e. The Morgan fingerprint density at radius 2 is 1.88 bits per heavy atom. The van der Waals surface area contributed by atoms with Gasteiger partial charge in [-0.2, -0.15) is 0 Å². The summed E-state index contributed by atoms with van der Waals surface area (Å²) in [5.41, 5.74) is 2.49. The lowest BCUT2D eigenvalue weighted by molar-refractivity contribution is -0.145. The lowest BCUT2D eigenvalue weighted by Crippen LogP contribution is -2.27. The zero-order valence-electron chi connectivity index (χ0n) is 14.4. The number of benzene rings is 2. The van der Waals surface area contributed by atoms with Gasteiger partial charge in [-0.1, -0.05) is 18.2 Å². The van der Waals surface area contributed by atoms with Gasteiger partial charge in [-0.15, -0.1) is 0 Å². The van der Waals surface area contributed by atoms with Gasteiger partial charge in [0.05, 0.1) is 31.9 Å². The molecule has 0 amide bonds. The largest absolute Gasteiger partial charge is 0.506 e. The molecule has 0 bridgehead atoms. The fourth-order valence-corrected chi connectivity index (χ4v) is 2.68. The van der Waals surface area contributed by atoms with Gasteiger partial charge in [0.15, 0.2) is 0 Å². The van der Waals surface area contributed by atoms with Gasteiger partial charge in [0, 0.05) is 0 Å². The summed E-state index contributed by atoms with van der Waals surface area (Å²) in [6.07, 6.45) is 0. The van der Waals surface area contributed by atoms with E-state index in [1.165, 1.54) is 7.11 Å². The summed E-state index contributed by atoms with van der Waals surface area (Å²) in [4.78, 5) is 12.1. The lowest BCUT2D eigenvalue weighted by Gasteiger charge is -2.27. The highest BCUT2D eigenvalue weighted by Crippen LogP contribution is 2.34. The molecule has 0 spiro atoms. The minimum Gasteiger partial charge on any atom is -0.506 e. The van der Waals surface area contributed by atoms with Crippen molar-refractivity contribution < 1.29 is 19.4 Å². The van der Waals surface area contributed by atoms with E-state index in [0.29, 0.717) is 5.69 Å². The highest BCUT2D eigenvalue weighted by Gasteiger charge is 2.28. The Morgan fingerprint density at radius 1 is 1.17 bits per heavy atom. The molecule has 5 heteroatoms. The number of hydrogen-bond donors (Lipinski definition) is 2. The van der Waals surface area contributed by atoms with E-state index in [9.17, 15) is 9.90 Å². The van der Waals surface area contributed by atoms with Crippen LogP contribution in [-0.4, -0.2) is 25.3 Å². The number of hydrogen-bond acceptors (Lipinski definition) is 5. The fraction of sp³-hybridized carbons (Fsp3) is 0.316. The number of phenols is 1. The molecule has 24 heavy (non-hydrogen) atoms. The maximum Gasteiger partial charge on any atom is 0.310 e. The topological polar surface area (TPSA) is 67.8 Å². The standard InChI is InChI=1S/C19H23NO4/c1-12-11-14(23-3)9-10-15(12)18(13(2)19(22)24-4)20-16-7-5-6-8-17(16)21/h5-11,13,18,20-21H,1-4H3. The van der Waals surface area contributed by atoms with Gasteiger partial charge in [-0.05, 0) is 49.2 Å². The second-order valence-electron chi connectivity index (χ2n) is 5.67. The van der Waals surface area contributed by atoms with E-state index in [1.807, 2.05) is 31.2 Å². The summed E-state index contributed by atoms with van der Waals surface area (Å²) in [5, 5.41) is 13.3. The minimum absolute atomic E-state index is 0.130. The Hall–Kier alpha value is -2.69. The summed E-state index contributed by atoms with van der Waals surface area (Å²) in [5.74, 6) is 0.119. The SMILES string of the molecule is COC(=O)C(C)C(Nc1ccccc1O)c1ccc(OC)cc1C. The Labute approximate surface area is 142 Å². The van der Waals surface area contributed by atoms with E-state index in [1.54, 1.807) is 32.2 Å². The molecule has 128 valence electrons. The van der Waals surface area contributed by atoms with Crippen LogP contribution in [0.2, 0.25) is 0 Å². The number of phenolic OH excluding ortho intramolecular Hbond substituents is 1. The summed E-state index contributed by atoms with van der Waals surface area (Å²) in [6, 6.07) is 12.3. The summed E-state index contributed by atoms with van der Waals surface area (Å²) in [6.45, 7) is 3.76. The van der Waals surface area contributed by atoms with Gasteiger partial charge >= 0.3 is 5.97 Å². The molecule has 0 aliphatic rings. The maximum atomic E-state index is 12.1. The Morgan fingerprint density at radius 3 is 2.46 bits per heavy atom. The van der Waals surface area contributed by atoms with Crippen LogP contribution in [0.4, 0.5) is 5.69 Å². The molecule has 0 fully saturated rings. The molecule has 2 atom stereocenters. The van der Waals surface area contributed by atoms with E-state index in [4.69, 9.17) is 9.47 Å². The molecule has 2 aromatic carbocycles. The third kappa shape index (κ3) is 3.79. The minimum atomic E-state index is -0.443. The van der Waals surface area contributed by atoms with Crippen LogP contribution in [0.3, 0.4) is 0 Å². The number of carbonyl (C=O) groups excluding carboxylic acids is 1. The second-order valence-corrected chi connectivity index (χ2v) is 5.67. The zero-order valence-corrected chi connectivity index (χ0v) is 14.4. The summed E-state index contributed by atoms with van der Waals surface area (Å²) < 4.78 is 10.1. The molecule has 0 saturated heterocycles. The van der Waals surface area contributed by atoms with Crippen molar-refractivity contribution in [2.45, 2.75) is 19.9 Å². The van der Waals surface area contributed by atoms with Crippen molar-refractivity contribution in [3.8, 4) is 11.5 Å². The molecule has 0 aliphatic carbocycles. The zero-order chi connectivity index (χ0) is 17.7. The van der Waals surface area contributed by atoms with Gasteiger partial charge in [-0.3, -0.25) is 4.79 Å². The number of rotatable bonds is 6. The number of aryl methyl sites for hydroxylation is 1. The number of para-hydroxylation sites is 2. The quantitative estimate of drug-likeness (QED) is 0.625. The molecule has 2 aromatic rings. The average Bonchev–Trinajstić information content (AvgIpc) is 2.60. The van der Waals surface area contributed by atoms with Crippen LogP contribution in [0.25, 0.3) is 0 Å². The van der Waals surface area contributed by atoms with Crippen molar-refractivity contribution >= 4 is 11.7 Å². The Balaban J connectivity index is 2.43. The van der Waals surface area contributed by atoms with Crippen molar-refractivity contribution in [2.24, 2.45) is 5.92 Å². The first-order chi connectivity index (χ1) is 11.5. The summed E-state index contributed by atoms with van der Waals surface area (Å²) >= 11 is 0. The highest BCUT2D eigenvalue weighted by atomic mass is 16.5. The number of ether oxygens (including phenoxy) is 2. The molecular formula is C19H23NO4. The third-order valence-electron chi connectivity index (χ3n) is 4.10. The molecule has 0 aromatic heterocycles. The van der Waals surface area contributed by atoms with Crippen LogP contribution in [0.15, 0.2) is 42.5 Å². The molecule has 0 radical (unpaired) electrons. The molecule has 2 N–H and O–H groups in total. The third-order valence-corrected chi connectivity index (χ3v) is 4.10. The monoisotopic (exact) mass is 329 g/mol. The fourth-order valence-electron chi connectivity index (χ4n) is 2.68. The molecule has 5 nitrogen and oxygen atoms in total. The second kappa shape index (κ2) is 7.73. The van der Waals surface area contributed by atoms with Crippen molar-refractivity contribution in [3.05, 3.63) is 53.6 Å². The first-order valence-electron chi connectivity index (χ1n) is 7.74. The van der Waals surface area contributed by atoms with Crippen LogP contribution in [-0.2, 0) is 9.53 Å². The van der Waals surface area contributed by atoms with Gasteiger partial charge in [0.1, 0.15) is 11.5 Å². The number of esters is 1. The van der Waals surface area contributed by atoms with Gasteiger partial charge in [-0.25, -0.2) is 0 Å². The van der Waals surface area contributed by atoms with Crippen molar-refractivity contribution in [1.82, 2.24) is 0 Å². The molecule has 2 unspecified atom stereocenters. The van der Waals surface area contributed by atoms with Crippen LogP contribution < -0.4 is 10.1 Å². The average molecular weight is 329 g/mol.